The first-order valence-electron chi connectivity index (χ1n) is 10.8. The number of methoxy groups -OCH3 is 1. The topological polar surface area (TPSA) is 85.5 Å². The normalized spacial score (nSPS) is 19.2. The number of amides is 1. The van der Waals surface area contributed by atoms with Crippen molar-refractivity contribution < 1.29 is 9.53 Å². The van der Waals surface area contributed by atoms with Crippen molar-refractivity contribution in [2.24, 2.45) is 0 Å². The van der Waals surface area contributed by atoms with Crippen LogP contribution in [-0.2, 0) is 6.42 Å². The van der Waals surface area contributed by atoms with Gasteiger partial charge in [0.1, 0.15) is 11.4 Å². The van der Waals surface area contributed by atoms with Crippen molar-refractivity contribution in [3.05, 3.63) is 71.6 Å². The molecule has 2 atom stereocenters. The molecule has 3 aromatic heterocycles. The number of para-hydroxylation sites is 1. The Hall–Kier alpha value is -3.81. The van der Waals surface area contributed by atoms with Crippen molar-refractivity contribution in [2.75, 3.05) is 7.11 Å². The molecule has 0 aliphatic carbocycles. The lowest BCUT2D eigenvalue weighted by Gasteiger charge is -2.35. The predicted octanol–water partition coefficient (Wildman–Crippen LogP) is 3.41. The third kappa shape index (κ3) is 2.79. The van der Waals surface area contributed by atoms with Gasteiger partial charge in [0.05, 0.1) is 36.4 Å². The molecule has 1 fully saturated rings. The summed E-state index contributed by atoms with van der Waals surface area (Å²) in [6.45, 7) is 1.86. The van der Waals surface area contributed by atoms with Crippen LogP contribution in [0.4, 0.5) is 0 Å². The molecule has 6 rings (SSSR count). The van der Waals surface area contributed by atoms with E-state index in [4.69, 9.17) is 9.84 Å². The van der Waals surface area contributed by atoms with Gasteiger partial charge < -0.3 is 9.64 Å². The quantitative estimate of drug-likeness (QED) is 0.499. The molecule has 8 heteroatoms. The Balaban J connectivity index is 1.41. The van der Waals surface area contributed by atoms with Gasteiger partial charge in [-0.25, -0.2) is 14.5 Å². The minimum atomic E-state index is -0.0640. The van der Waals surface area contributed by atoms with E-state index < -0.39 is 0 Å². The Bertz CT molecular complexity index is 1350. The van der Waals surface area contributed by atoms with Crippen LogP contribution < -0.4 is 4.74 Å². The van der Waals surface area contributed by atoms with Crippen molar-refractivity contribution in [3.8, 4) is 17.0 Å². The minimum absolute atomic E-state index is 0.0184. The molecule has 2 bridgehead atoms. The third-order valence-electron chi connectivity index (χ3n) is 6.52. The Morgan fingerprint density at radius 3 is 2.78 bits per heavy atom. The second-order valence-electron chi connectivity index (χ2n) is 8.37. The van der Waals surface area contributed by atoms with E-state index in [0.717, 1.165) is 58.9 Å². The van der Waals surface area contributed by atoms with Gasteiger partial charge in [-0.3, -0.25) is 9.78 Å². The lowest BCUT2D eigenvalue weighted by atomic mass is 9.98. The van der Waals surface area contributed by atoms with E-state index in [-0.39, 0.29) is 18.0 Å². The van der Waals surface area contributed by atoms with E-state index >= 15 is 0 Å². The van der Waals surface area contributed by atoms with Crippen molar-refractivity contribution in [2.45, 2.75) is 38.3 Å². The van der Waals surface area contributed by atoms with E-state index in [1.807, 2.05) is 52.9 Å². The largest absolute Gasteiger partial charge is 0.496 e. The zero-order chi connectivity index (χ0) is 21.8. The molecule has 4 aromatic rings. The van der Waals surface area contributed by atoms with Gasteiger partial charge in [-0.05, 0) is 31.9 Å². The van der Waals surface area contributed by atoms with E-state index in [1.165, 1.54) is 0 Å². The van der Waals surface area contributed by atoms with Gasteiger partial charge in [-0.1, -0.05) is 12.1 Å². The molecule has 0 N–H and O–H groups in total. The lowest BCUT2D eigenvalue weighted by molar-refractivity contribution is 0.0636. The Morgan fingerprint density at radius 2 is 1.97 bits per heavy atom. The fourth-order valence-electron chi connectivity index (χ4n) is 5.02. The number of nitrogens with zero attached hydrogens (tertiary/aromatic N) is 6. The van der Waals surface area contributed by atoms with Gasteiger partial charge in [0, 0.05) is 42.0 Å². The molecule has 0 unspecified atom stereocenters. The average Bonchev–Trinajstić information content (AvgIpc) is 3.40. The Morgan fingerprint density at radius 1 is 1.09 bits per heavy atom. The first-order valence-corrected chi connectivity index (χ1v) is 10.8. The number of benzene rings is 1. The first kappa shape index (κ1) is 18.9. The highest BCUT2D eigenvalue weighted by atomic mass is 16.5. The molecule has 0 spiro atoms. The van der Waals surface area contributed by atoms with Gasteiger partial charge in [-0.2, -0.15) is 5.10 Å². The van der Waals surface area contributed by atoms with Crippen LogP contribution in [0.25, 0.3) is 16.9 Å². The Kier molecular flexibility index (Phi) is 4.21. The standard InChI is InChI=1S/C24H22N6O2/c1-14-11-26-19(13-25-14)24(31)29-15-7-8-20(29)17-12-27-23-10-18(28-30(23)21(17)9-15)16-5-3-4-6-22(16)32-2/h3-6,10-13,15,20H,7-9H2,1-2H3/t15-,20+/m0/s1. The highest BCUT2D eigenvalue weighted by molar-refractivity contribution is 5.93. The molecule has 2 aliphatic heterocycles. The molecule has 160 valence electrons. The van der Waals surface area contributed by atoms with Crippen molar-refractivity contribution in [1.29, 1.82) is 0 Å². The van der Waals surface area contributed by atoms with Gasteiger partial charge in [0.2, 0.25) is 0 Å². The SMILES string of the molecule is COc1ccccc1-c1cc2ncc3c(n2n1)C[C@@H]1CC[C@H]3N1C(=O)c1cnc(C)cn1. The number of ether oxygens (including phenoxy) is 1. The van der Waals surface area contributed by atoms with Gasteiger partial charge in [0.25, 0.3) is 5.91 Å². The van der Waals surface area contributed by atoms with Gasteiger partial charge in [-0.15, -0.1) is 0 Å². The summed E-state index contributed by atoms with van der Waals surface area (Å²) in [5.74, 6) is 0.715. The maximum atomic E-state index is 13.3. The molecule has 0 radical (unpaired) electrons. The highest BCUT2D eigenvalue weighted by Crippen LogP contribution is 2.44. The zero-order valence-electron chi connectivity index (χ0n) is 17.9. The second kappa shape index (κ2) is 7.12. The number of fused-ring (bicyclic) bond motifs is 6. The van der Waals surface area contributed by atoms with Crippen LogP contribution in [-0.4, -0.2) is 48.5 Å². The van der Waals surface area contributed by atoms with Crippen LogP contribution in [0.5, 0.6) is 5.75 Å². The first-order chi connectivity index (χ1) is 15.6. The fraction of sp³-hybridized carbons (Fsp3) is 0.292. The number of hydrogen-bond donors (Lipinski definition) is 0. The van der Waals surface area contributed by atoms with E-state index in [9.17, 15) is 4.79 Å². The smallest absolute Gasteiger partial charge is 0.274 e. The fourth-order valence-corrected chi connectivity index (χ4v) is 5.02. The molecule has 2 aliphatic rings. The number of carbonyl (C=O) groups is 1. The predicted molar refractivity (Wildman–Crippen MR) is 117 cm³/mol. The number of aryl methyl sites for hydroxylation is 1. The highest BCUT2D eigenvalue weighted by Gasteiger charge is 2.44. The zero-order valence-corrected chi connectivity index (χ0v) is 17.9. The number of aromatic nitrogens is 5. The van der Waals surface area contributed by atoms with Crippen molar-refractivity contribution >= 4 is 11.6 Å². The summed E-state index contributed by atoms with van der Waals surface area (Å²) >= 11 is 0. The van der Waals surface area contributed by atoms with E-state index in [2.05, 4.69) is 15.0 Å². The summed E-state index contributed by atoms with van der Waals surface area (Å²) in [6.07, 6.45) is 7.72. The molecular formula is C24H22N6O2. The van der Waals surface area contributed by atoms with E-state index in [1.54, 1.807) is 19.5 Å². The van der Waals surface area contributed by atoms with Crippen LogP contribution in [0.1, 0.15) is 46.3 Å². The van der Waals surface area contributed by atoms with Crippen LogP contribution in [0.2, 0.25) is 0 Å². The molecule has 1 amide bonds. The van der Waals surface area contributed by atoms with Crippen LogP contribution >= 0.6 is 0 Å². The van der Waals surface area contributed by atoms with Crippen LogP contribution in [0.3, 0.4) is 0 Å². The molecule has 5 heterocycles. The van der Waals surface area contributed by atoms with Crippen LogP contribution in [0.15, 0.2) is 48.9 Å². The number of carbonyl (C=O) groups excluding carboxylic acids is 1. The summed E-state index contributed by atoms with van der Waals surface area (Å²) in [5, 5.41) is 4.89. The van der Waals surface area contributed by atoms with Crippen molar-refractivity contribution in [1.82, 2.24) is 29.5 Å². The number of rotatable bonds is 3. The van der Waals surface area contributed by atoms with E-state index in [0.29, 0.717) is 5.69 Å². The summed E-state index contributed by atoms with van der Waals surface area (Å²) in [6, 6.07) is 9.93. The summed E-state index contributed by atoms with van der Waals surface area (Å²) in [5.41, 5.74) is 5.93. The van der Waals surface area contributed by atoms with Crippen molar-refractivity contribution in [3.63, 3.8) is 0 Å². The number of hydrogen-bond acceptors (Lipinski definition) is 6. The molecule has 1 saturated heterocycles. The minimum Gasteiger partial charge on any atom is -0.496 e. The van der Waals surface area contributed by atoms with Gasteiger partial charge in [0.15, 0.2) is 5.65 Å². The molecule has 32 heavy (non-hydrogen) atoms. The maximum Gasteiger partial charge on any atom is 0.274 e. The molecular weight excluding hydrogens is 404 g/mol. The molecule has 0 saturated carbocycles. The van der Waals surface area contributed by atoms with Crippen LogP contribution in [0, 0.1) is 6.92 Å². The molecule has 8 nitrogen and oxygen atoms in total. The third-order valence-corrected chi connectivity index (χ3v) is 6.52. The lowest BCUT2D eigenvalue weighted by Crippen LogP contribution is -2.43. The van der Waals surface area contributed by atoms with Gasteiger partial charge >= 0.3 is 0 Å². The maximum absolute atomic E-state index is 13.3. The Labute approximate surface area is 184 Å². The molecule has 1 aromatic carbocycles. The summed E-state index contributed by atoms with van der Waals surface area (Å²) in [7, 11) is 1.66. The summed E-state index contributed by atoms with van der Waals surface area (Å²) in [4.78, 5) is 28.5. The second-order valence-corrected chi connectivity index (χ2v) is 8.37. The summed E-state index contributed by atoms with van der Waals surface area (Å²) < 4.78 is 7.46. The monoisotopic (exact) mass is 426 g/mol. The average molecular weight is 426 g/mol.